The molecule has 38 heavy (non-hydrogen) atoms. The van der Waals surface area contributed by atoms with Gasteiger partial charge in [-0.1, -0.05) is 76.6 Å². The van der Waals surface area contributed by atoms with Gasteiger partial charge in [-0.15, -0.1) is 25.6 Å². The summed E-state index contributed by atoms with van der Waals surface area (Å²) in [5, 5.41) is 2.91. The molecule has 11 heteroatoms. The molecule has 0 aliphatic heterocycles. The smallest absolute Gasteiger partial charge is 0.406 e. The molecule has 0 spiro atoms. The highest BCUT2D eigenvalue weighted by Gasteiger charge is 2.33. The van der Waals surface area contributed by atoms with Crippen LogP contribution in [-0.4, -0.2) is 29.6 Å². The SMILES string of the molecule is Cl.NCCCC(=O)N(Cc1ccc(OC(F)(F)F)cc1)C(C(=O)NCc1ccccc1)c1ccccc1Br. The molecule has 3 aromatic carbocycles. The van der Waals surface area contributed by atoms with E-state index in [9.17, 15) is 22.8 Å². The van der Waals surface area contributed by atoms with Crippen LogP contribution >= 0.6 is 28.3 Å². The van der Waals surface area contributed by atoms with E-state index < -0.39 is 18.3 Å². The van der Waals surface area contributed by atoms with E-state index in [0.29, 0.717) is 28.6 Å². The van der Waals surface area contributed by atoms with E-state index >= 15 is 0 Å². The number of hydrogen-bond acceptors (Lipinski definition) is 4. The molecule has 0 radical (unpaired) electrons. The molecule has 0 aliphatic carbocycles. The number of hydrogen-bond donors (Lipinski definition) is 2. The van der Waals surface area contributed by atoms with Crippen molar-refractivity contribution in [3.05, 3.63) is 100 Å². The molecule has 0 aliphatic rings. The number of nitrogens with zero attached hydrogens (tertiary/aromatic N) is 1. The molecule has 3 rings (SSSR count). The second kappa shape index (κ2) is 14.8. The Labute approximate surface area is 233 Å². The highest BCUT2D eigenvalue weighted by atomic mass is 79.9. The lowest BCUT2D eigenvalue weighted by molar-refractivity contribution is -0.274. The minimum Gasteiger partial charge on any atom is -0.406 e. The molecule has 6 nitrogen and oxygen atoms in total. The maximum atomic E-state index is 13.6. The summed E-state index contributed by atoms with van der Waals surface area (Å²) in [4.78, 5) is 28.4. The Hall–Kier alpha value is -3.08. The maximum Gasteiger partial charge on any atom is 0.573 e. The van der Waals surface area contributed by atoms with E-state index in [1.165, 1.54) is 29.2 Å². The number of nitrogens with two attached hydrogens (primary N) is 1. The molecule has 0 saturated carbocycles. The van der Waals surface area contributed by atoms with Crippen LogP contribution in [0.5, 0.6) is 5.75 Å². The number of benzene rings is 3. The Morgan fingerprint density at radius 1 is 0.947 bits per heavy atom. The minimum atomic E-state index is -4.81. The molecule has 1 unspecified atom stereocenters. The number of alkyl halides is 3. The summed E-state index contributed by atoms with van der Waals surface area (Å²) in [6.07, 6.45) is -4.28. The van der Waals surface area contributed by atoms with Gasteiger partial charge in [-0.05, 0) is 47.9 Å². The largest absolute Gasteiger partial charge is 0.573 e. The van der Waals surface area contributed by atoms with Crippen LogP contribution < -0.4 is 15.8 Å². The lowest BCUT2D eigenvalue weighted by Gasteiger charge is -2.32. The van der Waals surface area contributed by atoms with E-state index in [0.717, 1.165) is 5.56 Å². The van der Waals surface area contributed by atoms with Gasteiger partial charge in [0.2, 0.25) is 11.8 Å². The second-order valence-electron chi connectivity index (χ2n) is 8.23. The quantitative estimate of drug-likeness (QED) is 0.282. The van der Waals surface area contributed by atoms with Crippen LogP contribution in [-0.2, 0) is 22.7 Å². The van der Waals surface area contributed by atoms with Crippen LogP contribution in [0.2, 0.25) is 0 Å². The van der Waals surface area contributed by atoms with Gasteiger partial charge < -0.3 is 20.7 Å². The fourth-order valence-corrected chi connectivity index (χ4v) is 4.24. The van der Waals surface area contributed by atoms with Crippen LogP contribution in [0.1, 0.15) is 35.6 Å². The topological polar surface area (TPSA) is 84.7 Å². The van der Waals surface area contributed by atoms with E-state index in [-0.39, 0.29) is 43.6 Å². The summed E-state index contributed by atoms with van der Waals surface area (Å²) in [7, 11) is 0. The van der Waals surface area contributed by atoms with Gasteiger partial charge in [-0.25, -0.2) is 0 Å². The first-order valence-corrected chi connectivity index (χ1v) is 12.4. The first kappa shape index (κ1) is 31.1. The van der Waals surface area contributed by atoms with Gasteiger partial charge in [0.05, 0.1) is 0 Å². The average Bonchev–Trinajstić information content (AvgIpc) is 2.87. The second-order valence-corrected chi connectivity index (χ2v) is 9.09. The number of carbonyl (C=O) groups excluding carboxylic acids is 2. The summed E-state index contributed by atoms with van der Waals surface area (Å²) >= 11 is 3.49. The number of ether oxygens (including phenoxy) is 1. The summed E-state index contributed by atoms with van der Waals surface area (Å²) in [6, 6.07) is 20.7. The third-order valence-corrected chi connectivity index (χ3v) is 6.22. The molecule has 3 N–H and O–H groups in total. The molecule has 0 bridgehead atoms. The molecule has 0 saturated heterocycles. The van der Waals surface area contributed by atoms with Gasteiger partial charge in [0, 0.05) is 24.0 Å². The Bertz CT molecular complexity index is 1180. The van der Waals surface area contributed by atoms with Crippen molar-refractivity contribution in [2.24, 2.45) is 5.73 Å². The fourth-order valence-electron chi connectivity index (χ4n) is 3.74. The zero-order valence-electron chi connectivity index (χ0n) is 20.3. The highest BCUT2D eigenvalue weighted by Crippen LogP contribution is 2.31. The van der Waals surface area contributed by atoms with Gasteiger partial charge >= 0.3 is 6.36 Å². The van der Waals surface area contributed by atoms with E-state index in [2.05, 4.69) is 26.0 Å². The highest BCUT2D eigenvalue weighted by molar-refractivity contribution is 9.10. The Morgan fingerprint density at radius 2 is 1.58 bits per heavy atom. The summed E-state index contributed by atoms with van der Waals surface area (Å²) in [6.45, 7) is 0.540. The molecule has 0 aromatic heterocycles. The van der Waals surface area contributed by atoms with E-state index in [4.69, 9.17) is 5.73 Å². The molecular formula is C27H28BrClF3N3O3. The number of carbonyl (C=O) groups is 2. The predicted molar refractivity (Wildman–Crippen MR) is 144 cm³/mol. The van der Waals surface area contributed by atoms with Gasteiger partial charge in [0.1, 0.15) is 11.8 Å². The van der Waals surface area contributed by atoms with E-state index in [1.54, 1.807) is 24.3 Å². The summed E-state index contributed by atoms with van der Waals surface area (Å²) in [5.74, 6) is -1.08. The normalized spacial score (nSPS) is 11.7. The molecule has 3 aromatic rings. The molecule has 1 atom stereocenters. The summed E-state index contributed by atoms with van der Waals surface area (Å²) in [5.41, 5.74) is 7.61. The minimum absolute atomic E-state index is 0. The van der Waals surface area contributed by atoms with Crippen LogP contribution in [0.4, 0.5) is 13.2 Å². The van der Waals surface area contributed by atoms with Crippen molar-refractivity contribution in [3.63, 3.8) is 0 Å². The Morgan fingerprint density at radius 3 is 2.18 bits per heavy atom. The van der Waals surface area contributed by atoms with Crippen molar-refractivity contribution in [2.45, 2.75) is 38.3 Å². The van der Waals surface area contributed by atoms with Crippen LogP contribution in [0.25, 0.3) is 0 Å². The van der Waals surface area contributed by atoms with Crippen molar-refractivity contribution in [1.82, 2.24) is 10.2 Å². The predicted octanol–water partition coefficient (Wildman–Crippen LogP) is 5.89. The third kappa shape index (κ3) is 9.34. The molecular weight excluding hydrogens is 587 g/mol. The number of rotatable bonds is 11. The molecule has 0 fully saturated rings. The molecule has 0 heterocycles. The molecule has 2 amide bonds. The maximum absolute atomic E-state index is 13.6. The van der Waals surface area contributed by atoms with Gasteiger partial charge in [-0.3, -0.25) is 9.59 Å². The van der Waals surface area contributed by atoms with Gasteiger partial charge in [-0.2, -0.15) is 0 Å². The average molecular weight is 615 g/mol. The van der Waals surface area contributed by atoms with Gasteiger partial charge in [0.25, 0.3) is 0 Å². The first-order chi connectivity index (χ1) is 17.7. The van der Waals surface area contributed by atoms with E-state index in [1.807, 2.05) is 30.3 Å². The Balaban J connectivity index is 0.00000507. The number of amides is 2. The number of nitrogens with one attached hydrogen (secondary N) is 1. The Kier molecular flexibility index (Phi) is 12.1. The van der Waals surface area contributed by atoms with Crippen LogP contribution in [0, 0.1) is 0 Å². The summed E-state index contributed by atoms with van der Waals surface area (Å²) < 4.78 is 42.3. The van der Waals surface area contributed by atoms with Gasteiger partial charge in [0.15, 0.2) is 0 Å². The molecule has 204 valence electrons. The van der Waals surface area contributed by atoms with Crippen molar-refractivity contribution in [1.29, 1.82) is 0 Å². The fraction of sp³-hybridized carbons (Fsp3) is 0.259. The number of halogens is 5. The van der Waals surface area contributed by atoms with Crippen molar-refractivity contribution in [3.8, 4) is 5.75 Å². The standard InChI is InChI=1S/C27H27BrF3N3O3.ClH/c28-23-10-5-4-9-22(23)25(26(36)33-17-19-7-2-1-3-8-19)34(24(35)11-6-16-32)18-20-12-14-21(15-13-20)37-27(29,30)31;/h1-5,7-10,12-15,25H,6,11,16-18,32H2,(H,33,36);1H. The van der Waals surface area contributed by atoms with Crippen LogP contribution in [0.3, 0.4) is 0 Å². The van der Waals surface area contributed by atoms with Crippen molar-refractivity contribution in [2.75, 3.05) is 6.54 Å². The van der Waals surface area contributed by atoms with Crippen molar-refractivity contribution < 1.29 is 27.5 Å². The third-order valence-electron chi connectivity index (χ3n) is 5.49. The lowest BCUT2D eigenvalue weighted by Crippen LogP contribution is -2.43. The zero-order chi connectivity index (χ0) is 26.8. The first-order valence-electron chi connectivity index (χ1n) is 11.6. The monoisotopic (exact) mass is 613 g/mol. The lowest BCUT2D eigenvalue weighted by atomic mass is 10.0. The zero-order valence-corrected chi connectivity index (χ0v) is 22.7. The van der Waals surface area contributed by atoms with Crippen molar-refractivity contribution >= 4 is 40.2 Å². The van der Waals surface area contributed by atoms with Crippen LogP contribution in [0.15, 0.2) is 83.3 Å².